The summed E-state index contributed by atoms with van der Waals surface area (Å²) in [7, 11) is 2.17. The van der Waals surface area contributed by atoms with Crippen molar-refractivity contribution in [2.24, 2.45) is 0 Å². The SMILES string of the molecule is C=CCC.CCN(C)C(C)Cc1ccccc1. The Bertz CT molecular complexity index is 279. The lowest BCUT2D eigenvalue weighted by Crippen LogP contribution is -2.30. The van der Waals surface area contributed by atoms with Gasteiger partial charge in [-0.05, 0) is 38.9 Å². The summed E-state index contributed by atoms with van der Waals surface area (Å²) >= 11 is 0. The van der Waals surface area contributed by atoms with E-state index in [1.54, 1.807) is 0 Å². The Morgan fingerprint density at radius 3 is 2.18 bits per heavy atom. The normalized spacial score (nSPS) is 11.6. The van der Waals surface area contributed by atoms with Gasteiger partial charge in [-0.3, -0.25) is 0 Å². The van der Waals surface area contributed by atoms with Crippen molar-refractivity contribution in [2.45, 2.75) is 39.7 Å². The van der Waals surface area contributed by atoms with Crippen molar-refractivity contribution in [2.75, 3.05) is 13.6 Å². The summed E-state index contributed by atoms with van der Waals surface area (Å²) in [6.07, 6.45) is 4.10. The second kappa shape index (κ2) is 10.1. The van der Waals surface area contributed by atoms with Crippen LogP contribution in [-0.4, -0.2) is 24.5 Å². The zero-order chi connectivity index (χ0) is 13.1. The van der Waals surface area contributed by atoms with Crippen LogP contribution >= 0.6 is 0 Å². The minimum absolute atomic E-state index is 0.632. The third kappa shape index (κ3) is 7.76. The van der Waals surface area contributed by atoms with Crippen LogP contribution in [0.3, 0.4) is 0 Å². The highest BCUT2D eigenvalue weighted by Gasteiger charge is 2.06. The van der Waals surface area contributed by atoms with Crippen LogP contribution in [0.5, 0.6) is 0 Å². The maximum Gasteiger partial charge on any atom is 0.0104 e. The number of rotatable bonds is 5. The van der Waals surface area contributed by atoms with Crippen LogP contribution < -0.4 is 0 Å². The van der Waals surface area contributed by atoms with Crippen molar-refractivity contribution < 1.29 is 0 Å². The first kappa shape index (κ1) is 15.9. The Balaban J connectivity index is 0.000000557. The van der Waals surface area contributed by atoms with Gasteiger partial charge in [-0.25, -0.2) is 0 Å². The Morgan fingerprint density at radius 2 is 1.76 bits per heavy atom. The number of allylic oxidation sites excluding steroid dienone is 1. The first-order valence-corrected chi connectivity index (χ1v) is 6.50. The largest absolute Gasteiger partial charge is 0.304 e. The molecule has 0 saturated carbocycles. The van der Waals surface area contributed by atoms with E-state index in [0.717, 1.165) is 19.4 Å². The van der Waals surface area contributed by atoms with Crippen LogP contribution in [0.4, 0.5) is 0 Å². The maximum atomic E-state index is 3.48. The molecular weight excluding hydrogens is 206 g/mol. The fourth-order valence-electron chi connectivity index (χ4n) is 1.42. The van der Waals surface area contributed by atoms with Gasteiger partial charge in [0.05, 0.1) is 0 Å². The molecule has 0 heterocycles. The third-order valence-corrected chi connectivity index (χ3v) is 2.91. The van der Waals surface area contributed by atoms with Crippen LogP contribution in [0.15, 0.2) is 43.0 Å². The summed E-state index contributed by atoms with van der Waals surface area (Å²) in [4.78, 5) is 2.37. The molecule has 1 aromatic carbocycles. The highest BCUT2D eigenvalue weighted by molar-refractivity contribution is 5.15. The van der Waals surface area contributed by atoms with Crippen molar-refractivity contribution in [3.8, 4) is 0 Å². The Morgan fingerprint density at radius 1 is 1.24 bits per heavy atom. The van der Waals surface area contributed by atoms with E-state index >= 15 is 0 Å². The fourth-order valence-corrected chi connectivity index (χ4v) is 1.42. The van der Waals surface area contributed by atoms with Gasteiger partial charge in [0, 0.05) is 6.04 Å². The van der Waals surface area contributed by atoms with Gasteiger partial charge in [-0.15, -0.1) is 6.58 Å². The molecule has 0 aliphatic carbocycles. The molecule has 1 unspecified atom stereocenters. The molecule has 1 atom stereocenters. The molecule has 0 fully saturated rings. The fraction of sp³-hybridized carbons (Fsp3) is 0.500. The zero-order valence-corrected chi connectivity index (χ0v) is 11.8. The number of nitrogens with zero attached hydrogens (tertiary/aromatic N) is 1. The number of benzene rings is 1. The summed E-state index contributed by atoms with van der Waals surface area (Å²) in [5, 5.41) is 0. The highest BCUT2D eigenvalue weighted by atomic mass is 15.1. The lowest BCUT2D eigenvalue weighted by molar-refractivity contribution is 0.270. The number of likely N-dealkylation sites (N-methyl/N-ethyl adjacent to an activating group) is 1. The molecule has 0 N–H and O–H groups in total. The number of hydrogen-bond donors (Lipinski definition) is 0. The van der Waals surface area contributed by atoms with Gasteiger partial charge in [-0.1, -0.05) is 50.3 Å². The first-order chi connectivity index (χ1) is 8.15. The molecule has 96 valence electrons. The second-order valence-corrected chi connectivity index (χ2v) is 4.31. The van der Waals surface area contributed by atoms with Crippen LogP contribution in [0.2, 0.25) is 0 Å². The summed E-state index contributed by atoms with van der Waals surface area (Å²) in [6.45, 7) is 11.1. The van der Waals surface area contributed by atoms with E-state index in [4.69, 9.17) is 0 Å². The van der Waals surface area contributed by atoms with Crippen LogP contribution in [0.1, 0.15) is 32.8 Å². The van der Waals surface area contributed by atoms with Crippen molar-refractivity contribution >= 4 is 0 Å². The molecule has 0 aliphatic heterocycles. The monoisotopic (exact) mass is 233 g/mol. The second-order valence-electron chi connectivity index (χ2n) is 4.31. The standard InChI is InChI=1S/C12H19N.C4H8/c1-4-13(3)11(2)10-12-8-6-5-7-9-12;1-3-4-2/h5-9,11H,4,10H2,1-3H3;3H,1,4H2,2H3. The van der Waals surface area contributed by atoms with E-state index in [1.165, 1.54) is 5.56 Å². The van der Waals surface area contributed by atoms with Gasteiger partial charge in [0.15, 0.2) is 0 Å². The minimum Gasteiger partial charge on any atom is -0.304 e. The summed E-state index contributed by atoms with van der Waals surface area (Å²) in [5.74, 6) is 0. The van der Waals surface area contributed by atoms with E-state index in [9.17, 15) is 0 Å². The van der Waals surface area contributed by atoms with E-state index in [2.05, 4.69) is 69.6 Å². The summed E-state index contributed by atoms with van der Waals surface area (Å²) in [6, 6.07) is 11.3. The summed E-state index contributed by atoms with van der Waals surface area (Å²) < 4.78 is 0. The molecule has 17 heavy (non-hydrogen) atoms. The van der Waals surface area contributed by atoms with E-state index in [1.807, 2.05) is 6.08 Å². The van der Waals surface area contributed by atoms with Crippen molar-refractivity contribution in [1.29, 1.82) is 0 Å². The van der Waals surface area contributed by atoms with E-state index in [0.29, 0.717) is 6.04 Å². The minimum atomic E-state index is 0.632. The van der Waals surface area contributed by atoms with Gasteiger partial charge < -0.3 is 4.90 Å². The quantitative estimate of drug-likeness (QED) is 0.691. The molecular formula is C16H27N. The van der Waals surface area contributed by atoms with E-state index in [-0.39, 0.29) is 0 Å². The van der Waals surface area contributed by atoms with Gasteiger partial charge >= 0.3 is 0 Å². The lowest BCUT2D eigenvalue weighted by atomic mass is 10.1. The van der Waals surface area contributed by atoms with Crippen LogP contribution in [0.25, 0.3) is 0 Å². The Kier molecular flexibility index (Phi) is 9.46. The third-order valence-electron chi connectivity index (χ3n) is 2.91. The number of hydrogen-bond acceptors (Lipinski definition) is 1. The molecule has 0 spiro atoms. The molecule has 1 rings (SSSR count). The highest BCUT2D eigenvalue weighted by Crippen LogP contribution is 2.06. The molecule has 1 nitrogen and oxygen atoms in total. The molecule has 0 aromatic heterocycles. The molecule has 0 aliphatic rings. The van der Waals surface area contributed by atoms with Crippen LogP contribution in [-0.2, 0) is 6.42 Å². The van der Waals surface area contributed by atoms with Gasteiger partial charge in [-0.2, -0.15) is 0 Å². The van der Waals surface area contributed by atoms with Crippen molar-refractivity contribution in [3.05, 3.63) is 48.6 Å². The predicted octanol–water partition coefficient (Wildman–Crippen LogP) is 4.15. The van der Waals surface area contributed by atoms with Crippen LogP contribution in [0, 0.1) is 0 Å². The molecule has 0 bridgehead atoms. The first-order valence-electron chi connectivity index (χ1n) is 6.50. The van der Waals surface area contributed by atoms with E-state index < -0.39 is 0 Å². The van der Waals surface area contributed by atoms with Gasteiger partial charge in [0.1, 0.15) is 0 Å². The van der Waals surface area contributed by atoms with Gasteiger partial charge in [0.2, 0.25) is 0 Å². The molecule has 0 radical (unpaired) electrons. The maximum absolute atomic E-state index is 3.48. The molecule has 0 saturated heterocycles. The van der Waals surface area contributed by atoms with Crippen molar-refractivity contribution in [3.63, 3.8) is 0 Å². The molecule has 1 heteroatoms. The molecule has 0 amide bonds. The zero-order valence-electron chi connectivity index (χ0n) is 11.8. The molecule has 1 aromatic rings. The average molecular weight is 233 g/mol. The Hall–Kier alpha value is -1.08. The van der Waals surface area contributed by atoms with Crippen molar-refractivity contribution in [1.82, 2.24) is 4.90 Å². The van der Waals surface area contributed by atoms with Gasteiger partial charge in [0.25, 0.3) is 0 Å². The Labute approximate surface area is 107 Å². The lowest BCUT2D eigenvalue weighted by Gasteiger charge is -2.22. The summed E-state index contributed by atoms with van der Waals surface area (Å²) in [5.41, 5.74) is 1.43. The predicted molar refractivity (Wildman–Crippen MR) is 78.4 cm³/mol. The topological polar surface area (TPSA) is 3.24 Å². The smallest absolute Gasteiger partial charge is 0.0104 e. The average Bonchev–Trinajstić information content (AvgIpc) is 2.39.